The van der Waals surface area contributed by atoms with E-state index >= 15 is 0 Å². The Hall–Kier alpha value is -3.39. The molecule has 0 fully saturated rings. The fraction of sp³-hybridized carbons (Fsp3) is 0.100. The van der Waals surface area contributed by atoms with Crippen LogP contribution in [0.2, 0.25) is 0 Å². The van der Waals surface area contributed by atoms with E-state index in [4.69, 9.17) is 0 Å². The number of para-hydroxylation sites is 1. The van der Waals surface area contributed by atoms with Crippen molar-refractivity contribution in [1.29, 1.82) is 0 Å². The first kappa shape index (κ1) is 18.0. The molecule has 8 heteroatoms. The molecule has 0 unspecified atom stereocenters. The SMILES string of the molecule is O=C(/C=C\c1ccc([N+](=O)[O-])cc1)Nc1c2c(nn1-c1ccccc1)CSC2. The number of thioether (sulfide) groups is 1. The van der Waals surface area contributed by atoms with Crippen LogP contribution in [0.5, 0.6) is 0 Å². The summed E-state index contributed by atoms with van der Waals surface area (Å²) in [5.41, 5.74) is 3.64. The molecule has 140 valence electrons. The van der Waals surface area contributed by atoms with Gasteiger partial charge in [-0.2, -0.15) is 16.9 Å². The van der Waals surface area contributed by atoms with Crippen molar-refractivity contribution in [2.75, 3.05) is 5.32 Å². The highest BCUT2D eigenvalue weighted by molar-refractivity contribution is 7.98. The fourth-order valence-electron chi connectivity index (χ4n) is 2.93. The van der Waals surface area contributed by atoms with Crippen molar-refractivity contribution in [1.82, 2.24) is 9.78 Å². The number of anilines is 1. The Balaban J connectivity index is 1.55. The maximum Gasteiger partial charge on any atom is 0.269 e. The van der Waals surface area contributed by atoms with Gasteiger partial charge in [-0.25, -0.2) is 4.68 Å². The van der Waals surface area contributed by atoms with Crippen LogP contribution >= 0.6 is 11.8 Å². The summed E-state index contributed by atoms with van der Waals surface area (Å²) in [6.45, 7) is 0. The minimum Gasteiger partial charge on any atom is -0.307 e. The molecule has 1 aromatic heterocycles. The Bertz CT molecular complexity index is 1060. The molecule has 1 aliphatic heterocycles. The number of carbonyl (C=O) groups is 1. The van der Waals surface area contributed by atoms with Crippen LogP contribution in [0.3, 0.4) is 0 Å². The predicted octanol–water partition coefficient (Wildman–Crippen LogP) is 4.18. The largest absolute Gasteiger partial charge is 0.307 e. The van der Waals surface area contributed by atoms with Gasteiger partial charge in [0, 0.05) is 35.3 Å². The number of nitro groups is 1. The van der Waals surface area contributed by atoms with E-state index in [-0.39, 0.29) is 11.6 Å². The molecular weight excluding hydrogens is 376 g/mol. The maximum atomic E-state index is 12.5. The van der Waals surface area contributed by atoms with E-state index in [0.29, 0.717) is 11.4 Å². The lowest BCUT2D eigenvalue weighted by molar-refractivity contribution is -0.384. The third-order valence-corrected chi connectivity index (χ3v) is 5.30. The van der Waals surface area contributed by atoms with Gasteiger partial charge in [-0.05, 0) is 35.9 Å². The number of hydrogen-bond acceptors (Lipinski definition) is 5. The lowest BCUT2D eigenvalue weighted by Gasteiger charge is -2.09. The van der Waals surface area contributed by atoms with E-state index in [9.17, 15) is 14.9 Å². The quantitative estimate of drug-likeness (QED) is 0.400. The van der Waals surface area contributed by atoms with Crippen molar-refractivity contribution in [3.8, 4) is 5.69 Å². The highest BCUT2D eigenvalue weighted by atomic mass is 32.2. The molecule has 28 heavy (non-hydrogen) atoms. The average Bonchev–Trinajstić information content (AvgIpc) is 3.30. The number of nitrogens with one attached hydrogen (secondary N) is 1. The Morgan fingerprint density at radius 2 is 1.89 bits per heavy atom. The van der Waals surface area contributed by atoms with Gasteiger partial charge in [0.1, 0.15) is 5.82 Å². The summed E-state index contributed by atoms with van der Waals surface area (Å²) in [4.78, 5) is 22.7. The van der Waals surface area contributed by atoms with Crippen molar-refractivity contribution in [3.63, 3.8) is 0 Å². The second-order valence-corrected chi connectivity index (χ2v) is 7.17. The number of benzene rings is 2. The normalized spacial score (nSPS) is 12.9. The van der Waals surface area contributed by atoms with E-state index in [1.54, 1.807) is 34.7 Å². The molecule has 0 aliphatic carbocycles. The summed E-state index contributed by atoms with van der Waals surface area (Å²) in [5, 5.41) is 18.3. The van der Waals surface area contributed by atoms with Gasteiger partial charge in [-0.3, -0.25) is 14.9 Å². The van der Waals surface area contributed by atoms with Crippen LogP contribution in [-0.2, 0) is 16.3 Å². The van der Waals surface area contributed by atoms with E-state index in [0.717, 1.165) is 28.5 Å². The zero-order valence-corrected chi connectivity index (χ0v) is 15.6. The molecule has 0 spiro atoms. The number of hydrogen-bond donors (Lipinski definition) is 1. The fourth-order valence-corrected chi connectivity index (χ4v) is 3.97. The summed E-state index contributed by atoms with van der Waals surface area (Å²) in [7, 11) is 0. The Labute approximate surface area is 165 Å². The molecule has 0 radical (unpaired) electrons. The maximum absolute atomic E-state index is 12.5. The molecule has 2 heterocycles. The third-order valence-electron chi connectivity index (χ3n) is 4.33. The van der Waals surface area contributed by atoms with Crippen molar-refractivity contribution in [2.24, 2.45) is 0 Å². The molecular formula is C20H16N4O3S. The minimum absolute atomic E-state index is 0.0152. The topological polar surface area (TPSA) is 90.1 Å². The number of fused-ring (bicyclic) bond motifs is 1. The van der Waals surface area contributed by atoms with Crippen molar-refractivity contribution >= 4 is 35.3 Å². The molecule has 0 saturated heterocycles. The van der Waals surface area contributed by atoms with Crippen LogP contribution < -0.4 is 5.32 Å². The molecule has 1 aliphatic rings. The summed E-state index contributed by atoms with van der Waals surface area (Å²) in [5.74, 6) is 2.04. The summed E-state index contributed by atoms with van der Waals surface area (Å²) in [6, 6.07) is 15.7. The van der Waals surface area contributed by atoms with Gasteiger partial charge in [0.2, 0.25) is 5.91 Å². The molecule has 0 saturated carbocycles. The second kappa shape index (κ2) is 7.69. The lowest BCUT2D eigenvalue weighted by atomic mass is 10.2. The summed E-state index contributed by atoms with van der Waals surface area (Å²) < 4.78 is 1.77. The van der Waals surface area contributed by atoms with Gasteiger partial charge in [0.25, 0.3) is 5.69 Å². The smallest absolute Gasteiger partial charge is 0.269 e. The van der Waals surface area contributed by atoms with Crippen molar-refractivity contribution < 1.29 is 9.72 Å². The standard InChI is InChI=1S/C20H16N4O3S/c25-19(11-8-14-6-9-16(10-7-14)24(26)27)21-20-17-12-28-13-18(17)22-23(20)15-4-2-1-3-5-15/h1-11H,12-13H2,(H,21,25)/b11-8-. The van der Waals surface area contributed by atoms with E-state index in [1.807, 2.05) is 30.3 Å². The molecule has 2 aromatic carbocycles. The number of non-ortho nitro benzene ring substituents is 1. The van der Waals surface area contributed by atoms with Crippen molar-refractivity contribution in [3.05, 3.63) is 87.6 Å². The van der Waals surface area contributed by atoms with E-state index in [2.05, 4.69) is 10.4 Å². The number of aromatic nitrogens is 2. The first-order valence-electron chi connectivity index (χ1n) is 8.59. The highest BCUT2D eigenvalue weighted by Crippen LogP contribution is 2.36. The Morgan fingerprint density at radius 1 is 1.14 bits per heavy atom. The number of amides is 1. The van der Waals surface area contributed by atoms with Crippen molar-refractivity contribution in [2.45, 2.75) is 11.5 Å². The van der Waals surface area contributed by atoms with Crippen LogP contribution in [0.1, 0.15) is 16.8 Å². The second-order valence-electron chi connectivity index (χ2n) is 6.19. The number of nitro benzene ring substituents is 1. The van der Waals surface area contributed by atoms with Crippen LogP contribution in [0, 0.1) is 10.1 Å². The zero-order valence-electron chi connectivity index (χ0n) is 14.7. The summed E-state index contributed by atoms with van der Waals surface area (Å²) in [6.07, 6.45) is 3.04. The Morgan fingerprint density at radius 3 is 2.61 bits per heavy atom. The molecule has 4 rings (SSSR count). The van der Waals surface area contributed by atoms with Crippen LogP contribution in [0.4, 0.5) is 11.5 Å². The molecule has 1 amide bonds. The van der Waals surface area contributed by atoms with Gasteiger partial charge >= 0.3 is 0 Å². The van der Waals surface area contributed by atoms with Gasteiger partial charge in [-0.1, -0.05) is 18.2 Å². The average molecular weight is 392 g/mol. The van der Waals surface area contributed by atoms with Gasteiger partial charge in [0.15, 0.2) is 0 Å². The van der Waals surface area contributed by atoms with Gasteiger partial charge < -0.3 is 5.32 Å². The highest BCUT2D eigenvalue weighted by Gasteiger charge is 2.24. The molecule has 1 N–H and O–H groups in total. The molecule has 3 aromatic rings. The molecule has 0 atom stereocenters. The van der Waals surface area contributed by atoms with Crippen LogP contribution in [0.25, 0.3) is 11.8 Å². The van der Waals surface area contributed by atoms with E-state index in [1.165, 1.54) is 18.2 Å². The molecule has 0 bridgehead atoms. The van der Waals surface area contributed by atoms with Crippen LogP contribution in [-0.4, -0.2) is 20.6 Å². The van der Waals surface area contributed by atoms with Crippen LogP contribution in [0.15, 0.2) is 60.7 Å². The monoisotopic (exact) mass is 392 g/mol. The first-order valence-corrected chi connectivity index (χ1v) is 9.75. The summed E-state index contributed by atoms with van der Waals surface area (Å²) >= 11 is 1.77. The first-order chi connectivity index (χ1) is 13.6. The zero-order chi connectivity index (χ0) is 19.5. The third kappa shape index (κ3) is 3.67. The predicted molar refractivity (Wildman–Crippen MR) is 109 cm³/mol. The van der Waals surface area contributed by atoms with E-state index < -0.39 is 4.92 Å². The lowest BCUT2D eigenvalue weighted by Crippen LogP contribution is -2.13. The number of nitrogens with zero attached hydrogens (tertiary/aromatic N) is 3. The Kier molecular flexibility index (Phi) is 4.94. The molecule has 7 nitrogen and oxygen atoms in total. The van der Waals surface area contributed by atoms with Gasteiger partial charge in [0.05, 0.1) is 16.3 Å². The minimum atomic E-state index is -0.455. The van der Waals surface area contributed by atoms with Gasteiger partial charge in [-0.15, -0.1) is 0 Å². The number of rotatable bonds is 5. The number of carbonyl (C=O) groups excluding carboxylic acids is 1.